The maximum absolute atomic E-state index is 2.36. The van der Waals surface area contributed by atoms with E-state index in [0.29, 0.717) is 0 Å². The van der Waals surface area contributed by atoms with E-state index in [1.54, 1.807) is 0 Å². The van der Waals surface area contributed by atoms with Gasteiger partial charge in [-0.3, -0.25) is 0 Å². The van der Waals surface area contributed by atoms with Crippen LogP contribution in [0.25, 0.3) is 0 Å². The smallest absolute Gasteiger partial charge is 0.125 e. The summed E-state index contributed by atoms with van der Waals surface area (Å²) in [6, 6.07) is 0. The van der Waals surface area contributed by atoms with Gasteiger partial charge in [0.15, 0.2) is 0 Å². The first-order chi connectivity index (χ1) is 9.62. The summed E-state index contributed by atoms with van der Waals surface area (Å²) in [5, 5.41) is 0. The average molecular weight is 338 g/mol. The van der Waals surface area contributed by atoms with Crippen LogP contribution in [0.15, 0.2) is 0 Å². The highest BCUT2D eigenvalue weighted by molar-refractivity contribution is 7.98. The predicted octanol–water partition coefficient (Wildman–Crippen LogP) is 3.09. The van der Waals surface area contributed by atoms with Crippen LogP contribution in [-0.2, 0) is 0 Å². The van der Waals surface area contributed by atoms with Gasteiger partial charge in [0.05, 0.1) is 20.6 Å². The first-order valence-corrected chi connectivity index (χ1v) is 10.3. The van der Waals surface area contributed by atoms with E-state index in [4.69, 9.17) is 0 Å². The molecule has 0 aromatic rings. The summed E-state index contributed by atoms with van der Waals surface area (Å²) < 4.78 is 1.18. The van der Waals surface area contributed by atoms with E-state index in [0.717, 1.165) is 0 Å². The number of thioether (sulfide) groups is 1. The van der Waals surface area contributed by atoms with E-state index in [-0.39, 0.29) is 12.4 Å². The maximum atomic E-state index is 2.36. The minimum Gasteiger partial charge on any atom is -1.00 e. The highest BCUT2D eigenvalue weighted by atomic mass is 35.5. The van der Waals surface area contributed by atoms with E-state index < -0.39 is 0 Å². The van der Waals surface area contributed by atoms with Gasteiger partial charge >= 0.3 is 0 Å². The molecule has 130 valence electrons. The molecule has 0 saturated carbocycles. The summed E-state index contributed by atoms with van der Waals surface area (Å²) in [5.74, 6) is 1.25. The van der Waals surface area contributed by atoms with Gasteiger partial charge in [-0.2, -0.15) is 0 Å². The first kappa shape index (κ1) is 23.9. The molecular formula is C18H40ClNS. The van der Waals surface area contributed by atoms with Gasteiger partial charge in [-0.15, -0.1) is 11.8 Å². The molecule has 0 aromatic carbocycles. The van der Waals surface area contributed by atoms with E-state index in [9.17, 15) is 0 Å². The van der Waals surface area contributed by atoms with E-state index in [1.807, 2.05) is 11.8 Å². The molecule has 3 heteroatoms. The summed E-state index contributed by atoms with van der Waals surface area (Å²) in [7, 11) is 4.71. The van der Waals surface area contributed by atoms with Gasteiger partial charge in [-0.1, -0.05) is 71.1 Å². The van der Waals surface area contributed by atoms with E-state index in [1.165, 1.54) is 94.0 Å². The number of quaternary nitrogens is 1. The van der Waals surface area contributed by atoms with Gasteiger partial charge < -0.3 is 16.9 Å². The Morgan fingerprint density at radius 2 is 1.05 bits per heavy atom. The Balaban J connectivity index is 0. The molecule has 0 aliphatic carbocycles. The van der Waals surface area contributed by atoms with Crippen molar-refractivity contribution in [1.29, 1.82) is 0 Å². The van der Waals surface area contributed by atoms with Crippen LogP contribution in [0.4, 0.5) is 0 Å². The zero-order valence-electron chi connectivity index (χ0n) is 15.1. The molecule has 0 aliphatic rings. The molecule has 0 amide bonds. The monoisotopic (exact) mass is 337 g/mol. The third kappa shape index (κ3) is 18.6. The van der Waals surface area contributed by atoms with Crippen LogP contribution in [0.2, 0.25) is 0 Å². The summed E-state index contributed by atoms with van der Waals surface area (Å²) in [6.07, 6.45) is 19.6. The Bertz CT molecular complexity index is 198. The van der Waals surface area contributed by atoms with Gasteiger partial charge in [0, 0.05) is 0 Å². The fraction of sp³-hybridized carbons (Fsp3) is 1.00. The molecule has 0 atom stereocenters. The Kier molecular flexibility index (Phi) is 19.3. The topological polar surface area (TPSA) is 0 Å². The second-order valence-corrected chi connectivity index (χ2v) is 7.80. The molecule has 0 spiro atoms. The van der Waals surface area contributed by atoms with E-state index in [2.05, 4.69) is 27.3 Å². The minimum atomic E-state index is 0. The zero-order valence-corrected chi connectivity index (χ0v) is 16.7. The van der Waals surface area contributed by atoms with Gasteiger partial charge in [-0.25, -0.2) is 0 Å². The number of hydrogen-bond acceptors (Lipinski definition) is 1. The highest BCUT2D eigenvalue weighted by Crippen LogP contribution is 2.13. The number of nitrogens with zero attached hydrogens (tertiary/aromatic N) is 1. The summed E-state index contributed by atoms with van der Waals surface area (Å²) in [6.45, 7) is 3.64. The van der Waals surface area contributed by atoms with Crippen molar-refractivity contribution in [3.05, 3.63) is 0 Å². The molecule has 0 aliphatic heterocycles. The number of rotatable bonds is 15. The van der Waals surface area contributed by atoms with Gasteiger partial charge in [0.2, 0.25) is 0 Å². The molecule has 21 heavy (non-hydrogen) atoms. The van der Waals surface area contributed by atoms with Crippen molar-refractivity contribution < 1.29 is 16.9 Å². The fourth-order valence-corrected chi connectivity index (χ4v) is 3.62. The predicted molar refractivity (Wildman–Crippen MR) is 96.4 cm³/mol. The Morgan fingerprint density at radius 3 is 1.43 bits per heavy atom. The van der Waals surface area contributed by atoms with Crippen molar-refractivity contribution >= 4 is 11.8 Å². The van der Waals surface area contributed by atoms with Crippen molar-refractivity contribution in [3.8, 4) is 0 Å². The summed E-state index contributed by atoms with van der Waals surface area (Å²) in [5.41, 5.74) is 0. The molecule has 0 saturated heterocycles. The second kappa shape index (κ2) is 17.0. The molecule has 0 aromatic heterocycles. The Hall–Kier alpha value is 0.600. The molecule has 0 bridgehead atoms. The van der Waals surface area contributed by atoms with Gasteiger partial charge in [0.1, 0.15) is 5.88 Å². The lowest BCUT2D eigenvalue weighted by atomic mass is 10.1. The van der Waals surface area contributed by atoms with Crippen molar-refractivity contribution in [2.75, 3.05) is 32.8 Å². The van der Waals surface area contributed by atoms with Crippen LogP contribution in [0.5, 0.6) is 0 Å². The normalized spacial score (nSPS) is 11.4. The zero-order chi connectivity index (χ0) is 15.1. The summed E-state index contributed by atoms with van der Waals surface area (Å²) in [4.78, 5) is 0. The van der Waals surface area contributed by atoms with Crippen molar-refractivity contribution in [2.45, 2.75) is 84.0 Å². The molecule has 1 nitrogen and oxygen atoms in total. The number of halogens is 1. The Labute approximate surface area is 145 Å². The molecular weight excluding hydrogens is 298 g/mol. The lowest BCUT2D eigenvalue weighted by molar-refractivity contribution is -0.877. The quantitative estimate of drug-likeness (QED) is 0.251. The largest absolute Gasteiger partial charge is 1.00 e. The lowest BCUT2D eigenvalue weighted by Crippen LogP contribution is -3.00. The average Bonchev–Trinajstić information content (AvgIpc) is 2.40. The standard InChI is InChI=1S/C18H40NS.ClH/c1-5-6-7-8-9-10-11-12-13-14-15-16-17-19(2,3)18-20-4;/h5-18H2,1-4H3;1H/q+1;/p-1. The number of unbranched alkanes of at least 4 members (excludes halogenated alkanes) is 11. The molecule has 0 radical (unpaired) electrons. The van der Waals surface area contributed by atoms with Crippen LogP contribution in [0.1, 0.15) is 84.0 Å². The van der Waals surface area contributed by atoms with Crippen molar-refractivity contribution in [1.82, 2.24) is 0 Å². The summed E-state index contributed by atoms with van der Waals surface area (Å²) >= 11 is 1.97. The SMILES string of the molecule is CCCCCCCCCCCCCC[N+](C)(C)CSC.[Cl-]. The molecule has 0 heterocycles. The molecule has 0 rings (SSSR count). The van der Waals surface area contributed by atoms with Crippen molar-refractivity contribution in [3.63, 3.8) is 0 Å². The second-order valence-electron chi connectivity index (χ2n) is 6.97. The lowest BCUT2D eigenvalue weighted by Gasteiger charge is -2.28. The van der Waals surface area contributed by atoms with Gasteiger partial charge in [0.25, 0.3) is 0 Å². The third-order valence-corrected chi connectivity index (χ3v) is 5.05. The molecule has 0 fully saturated rings. The third-order valence-electron chi connectivity index (χ3n) is 4.10. The van der Waals surface area contributed by atoms with Crippen LogP contribution < -0.4 is 12.4 Å². The maximum Gasteiger partial charge on any atom is 0.125 e. The first-order valence-electron chi connectivity index (χ1n) is 8.93. The Morgan fingerprint density at radius 1 is 0.667 bits per heavy atom. The van der Waals surface area contributed by atoms with Crippen LogP contribution >= 0.6 is 11.8 Å². The molecule has 0 N–H and O–H groups in total. The van der Waals surface area contributed by atoms with Gasteiger partial charge in [-0.05, 0) is 19.1 Å². The minimum absolute atomic E-state index is 0. The number of hydrogen-bond donors (Lipinski definition) is 0. The highest BCUT2D eigenvalue weighted by Gasteiger charge is 2.12. The fourth-order valence-electron chi connectivity index (χ4n) is 2.79. The van der Waals surface area contributed by atoms with Crippen LogP contribution in [0.3, 0.4) is 0 Å². The van der Waals surface area contributed by atoms with E-state index >= 15 is 0 Å². The van der Waals surface area contributed by atoms with Crippen LogP contribution in [-0.4, -0.2) is 37.3 Å². The van der Waals surface area contributed by atoms with Crippen molar-refractivity contribution in [2.24, 2.45) is 0 Å². The molecule has 0 unspecified atom stereocenters. The van der Waals surface area contributed by atoms with Crippen LogP contribution in [0, 0.1) is 0 Å².